The van der Waals surface area contributed by atoms with Crippen molar-refractivity contribution in [2.24, 2.45) is 17.8 Å². The number of aliphatic hydroxyl groups is 1. The Morgan fingerprint density at radius 3 is 0.630 bits per heavy atom. The minimum atomic E-state index is -4.97. The maximum Gasteiger partial charge on any atom is 0.472 e. The number of phosphoric ester groups is 2. The standard InChI is InChI=1S/C89H174O17P2/c1-8-9-10-11-12-13-14-15-16-17-18-19-20-28-33-38-43-50-58-65-72-88(93)105-84(76-99-86(91)70-63-56-49-42-37-32-27-23-21-25-30-35-40-46-53-60-67-80(2)3)78-103-107(95,96)101-74-83(90)75-102-108(97,98)104-79-85(77-100-87(92)71-64-57-52-45-48-55-62-69-82(6)7)106-89(94)73-66-59-51-44-39-34-29-24-22-26-31-36-41-47-54-61-68-81(4)5/h80-85,90H,8-79H2,1-7H3,(H,95,96)(H,97,98)/t83-,84-,85-/m1/s1. The van der Waals surface area contributed by atoms with Crippen LogP contribution >= 0.6 is 15.6 Å². The number of esters is 4. The Kier molecular flexibility index (Phi) is 77.5. The van der Waals surface area contributed by atoms with Gasteiger partial charge in [0, 0.05) is 25.7 Å². The lowest BCUT2D eigenvalue weighted by Gasteiger charge is -2.21. The smallest absolute Gasteiger partial charge is 0.462 e. The van der Waals surface area contributed by atoms with Crippen molar-refractivity contribution in [3.05, 3.63) is 0 Å². The van der Waals surface area contributed by atoms with Crippen LogP contribution in [0.15, 0.2) is 0 Å². The van der Waals surface area contributed by atoms with Crippen LogP contribution in [0.1, 0.15) is 472 Å². The highest BCUT2D eigenvalue weighted by Crippen LogP contribution is 2.45. The number of phosphoric acid groups is 2. The lowest BCUT2D eigenvalue weighted by Crippen LogP contribution is -2.30. The molecular weight excluding hydrogens is 1400 g/mol. The van der Waals surface area contributed by atoms with Gasteiger partial charge in [0.05, 0.1) is 26.4 Å². The van der Waals surface area contributed by atoms with Crippen molar-refractivity contribution in [2.75, 3.05) is 39.6 Å². The first-order valence-corrected chi connectivity index (χ1v) is 48.8. The van der Waals surface area contributed by atoms with Crippen LogP contribution in [0.2, 0.25) is 0 Å². The van der Waals surface area contributed by atoms with Crippen LogP contribution in [0.3, 0.4) is 0 Å². The van der Waals surface area contributed by atoms with Crippen LogP contribution in [0.25, 0.3) is 0 Å². The van der Waals surface area contributed by atoms with E-state index in [0.717, 1.165) is 108 Å². The summed E-state index contributed by atoms with van der Waals surface area (Å²) in [6.45, 7) is 12.0. The number of hydrogen-bond donors (Lipinski definition) is 3. The molecule has 0 aliphatic carbocycles. The molecule has 0 radical (unpaired) electrons. The van der Waals surface area contributed by atoms with E-state index in [-0.39, 0.29) is 25.7 Å². The van der Waals surface area contributed by atoms with E-state index in [4.69, 9.17) is 37.0 Å². The van der Waals surface area contributed by atoms with Crippen LogP contribution in [-0.4, -0.2) is 96.7 Å². The quantitative estimate of drug-likeness (QED) is 0.0222. The zero-order valence-electron chi connectivity index (χ0n) is 71.3. The fraction of sp³-hybridized carbons (Fsp3) is 0.955. The van der Waals surface area contributed by atoms with Crippen LogP contribution in [0, 0.1) is 17.8 Å². The number of carbonyl (C=O) groups excluding carboxylic acids is 4. The van der Waals surface area contributed by atoms with Gasteiger partial charge in [-0.25, -0.2) is 9.13 Å². The second-order valence-corrected chi connectivity index (χ2v) is 36.3. The average molecular weight is 1580 g/mol. The molecule has 0 rings (SSSR count). The second kappa shape index (κ2) is 78.9. The van der Waals surface area contributed by atoms with Gasteiger partial charge in [-0.3, -0.25) is 37.3 Å². The molecule has 0 fully saturated rings. The molecule has 17 nitrogen and oxygen atoms in total. The molecule has 3 N–H and O–H groups in total. The SMILES string of the molecule is CCCCCCCCCCCCCCCCCCCCCCC(=O)O[C@H](COC(=O)CCCCCCCCCCCCCCCCCCC(C)C)COP(=O)(O)OC[C@@H](O)COP(=O)(O)OC[C@@H](COC(=O)CCCCCCCCCC(C)C)OC(=O)CCCCCCCCCCCCCCCCCCC(C)C. The predicted molar refractivity (Wildman–Crippen MR) is 446 cm³/mol. The van der Waals surface area contributed by atoms with Crippen molar-refractivity contribution in [2.45, 2.75) is 491 Å². The Bertz CT molecular complexity index is 2080. The van der Waals surface area contributed by atoms with E-state index >= 15 is 0 Å². The van der Waals surface area contributed by atoms with Crippen molar-refractivity contribution >= 4 is 39.5 Å². The van der Waals surface area contributed by atoms with Crippen molar-refractivity contribution in [3.63, 3.8) is 0 Å². The molecule has 0 bridgehead atoms. The topological polar surface area (TPSA) is 237 Å². The Hall–Kier alpha value is -1.94. The molecule has 0 heterocycles. The zero-order chi connectivity index (χ0) is 79.3. The number of unbranched alkanes of at least 4 members (excludes halogenated alkanes) is 55. The van der Waals surface area contributed by atoms with Crippen LogP contribution in [-0.2, 0) is 65.4 Å². The number of ether oxygens (including phenoxy) is 4. The summed E-state index contributed by atoms with van der Waals surface area (Å²) in [5.41, 5.74) is 0. The molecule has 19 heteroatoms. The predicted octanol–water partition coefficient (Wildman–Crippen LogP) is 27.3. The third-order valence-corrected chi connectivity index (χ3v) is 22.8. The summed E-state index contributed by atoms with van der Waals surface area (Å²) >= 11 is 0. The monoisotopic (exact) mass is 1580 g/mol. The van der Waals surface area contributed by atoms with Gasteiger partial charge in [0.2, 0.25) is 0 Å². The lowest BCUT2D eigenvalue weighted by atomic mass is 10.0. The molecule has 5 atom stereocenters. The van der Waals surface area contributed by atoms with Gasteiger partial charge in [0.15, 0.2) is 12.2 Å². The van der Waals surface area contributed by atoms with E-state index in [1.54, 1.807) is 0 Å². The molecule has 0 aliphatic rings. The number of aliphatic hydroxyl groups excluding tert-OH is 1. The second-order valence-electron chi connectivity index (χ2n) is 33.4. The Balaban J connectivity index is 5.22. The normalized spacial score (nSPS) is 13.8. The summed E-state index contributed by atoms with van der Waals surface area (Å²) < 4.78 is 69.0. The van der Waals surface area contributed by atoms with Crippen LogP contribution < -0.4 is 0 Å². The molecule has 0 aromatic rings. The van der Waals surface area contributed by atoms with Crippen LogP contribution in [0.4, 0.5) is 0 Å². The highest BCUT2D eigenvalue weighted by Gasteiger charge is 2.31. The first-order chi connectivity index (χ1) is 52.2. The summed E-state index contributed by atoms with van der Waals surface area (Å²) in [4.78, 5) is 73.3. The van der Waals surface area contributed by atoms with E-state index in [0.29, 0.717) is 31.6 Å². The number of hydrogen-bond acceptors (Lipinski definition) is 15. The third kappa shape index (κ3) is 82.1. The summed E-state index contributed by atoms with van der Waals surface area (Å²) in [6, 6.07) is 0. The van der Waals surface area contributed by atoms with Gasteiger partial charge in [0.1, 0.15) is 19.3 Å². The fourth-order valence-electron chi connectivity index (χ4n) is 13.9. The van der Waals surface area contributed by atoms with Gasteiger partial charge >= 0.3 is 39.5 Å². The Morgan fingerprint density at radius 1 is 0.250 bits per heavy atom. The van der Waals surface area contributed by atoms with Gasteiger partial charge < -0.3 is 33.8 Å². The zero-order valence-corrected chi connectivity index (χ0v) is 73.1. The van der Waals surface area contributed by atoms with Crippen molar-refractivity contribution in [1.82, 2.24) is 0 Å². The first-order valence-electron chi connectivity index (χ1n) is 45.8. The van der Waals surface area contributed by atoms with E-state index in [1.165, 1.54) is 276 Å². The van der Waals surface area contributed by atoms with Crippen molar-refractivity contribution in [1.29, 1.82) is 0 Å². The third-order valence-electron chi connectivity index (χ3n) is 20.9. The largest absolute Gasteiger partial charge is 0.472 e. The molecule has 0 spiro atoms. The molecule has 2 unspecified atom stereocenters. The molecule has 642 valence electrons. The minimum Gasteiger partial charge on any atom is -0.462 e. The van der Waals surface area contributed by atoms with Gasteiger partial charge in [-0.1, -0.05) is 421 Å². The Morgan fingerprint density at radius 2 is 0.426 bits per heavy atom. The first kappa shape index (κ1) is 106. The molecule has 0 aromatic carbocycles. The molecular formula is C89H174O17P2. The maximum absolute atomic E-state index is 13.2. The minimum absolute atomic E-state index is 0.107. The van der Waals surface area contributed by atoms with E-state index in [9.17, 15) is 43.2 Å². The summed E-state index contributed by atoms with van der Waals surface area (Å²) in [5, 5.41) is 10.7. The van der Waals surface area contributed by atoms with Crippen molar-refractivity contribution in [3.8, 4) is 0 Å². The average Bonchev–Trinajstić information content (AvgIpc) is 0.900. The summed E-state index contributed by atoms with van der Waals surface area (Å²) in [6.07, 6.45) is 71.0. The van der Waals surface area contributed by atoms with E-state index in [2.05, 4.69) is 48.5 Å². The van der Waals surface area contributed by atoms with Gasteiger partial charge in [0.25, 0.3) is 0 Å². The summed E-state index contributed by atoms with van der Waals surface area (Å²) in [5.74, 6) is 0.225. The Labute approximate surface area is 664 Å². The highest BCUT2D eigenvalue weighted by atomic mass is 31.2. The lowest BCUT2D eigenvalue weighted by molar-refractivity contribution is -0.161. The van der Waals surface area contributed by atoms with E-state index < -0.39 is 97.5 Å². The molecule has 0 saturated heterocycles. The number of rotatable bonds is 87. The van der Waals surface area contributed by atoms with Gasteiger partial charge in [-0.05, 0) is 43.4 Å². The van der Waals surface area contributed by atoms with E-state index in [1.807, 2.05) is 0 Å². The molecule has 0 aromatic heterocycles. The molecule has 0 saturated carbocycles. The van der Waals surface area contributed by atoms with Gasteiger partial charge in [-0.2, -0.15) is 0 Å². The fourth-order valence-corrected chi connectivity index (χ4v) is 15.5. The van der Waals surface area contributed by atoms with Crippen LogP contribution in [0.5, 0.6) is 0 Å². The van der Waals surface area contributed by atoms with Gasteiger partial charge in [-0.15, -0.1) is 0 Å². The molecule has 0 amide bonds. The summed E-state index contributed by atoms with van der Waals surface area (Å²) in [7, 11) is -9.93. The highest BCUT2D eigenvalue weighted by molar-refractivity contribution is 7.47. The molecule has 108 heavy (non-hydrogen) atoms. The molecule has 0 aliphatic heterocycles. The maximum atomic E-state index is 13.2. The number of carbonyl (C=O) groups is 4. The van der Waals surface area contributed by atoms with Crippen molar-refractivity contribution < 1.29 is 80.2 Å².